The minimum absolute atomic E-state index is 0.127. The molecule has 0 spiro atoms. The van der Waals surface area contributed by atoms with E-state index in [9.17, 15) is 10.2 Å². The molecule has 0 aromatic heterocycles. The minimum Gasteiger partial charge on any atom is -0.491 e. The Morgan fingerprint density at radius 3 is 2.30 bits per heavy atom. The van der Waals surface area contributed by atoms with E-state index in [4.69, 9.17) is 4.74 Å². The van der Waals surface area contributed by atoms with E-state index in [1.54, 1.807) is 12.1 Å². The van der Waals surface area contributed by atoms with Gasteiger partial charge in [0.05, 0.1) is 6.10 Å². The van der Waals surface area contributed by atoms with Crippen LogP contribution in [-0.2, 0) is 0 Å². The Morgan fingerprint density at radius 2 is 1.75 bits per heavy atom. The summed E-state index contributed by atoms with van der Waals surface area (Å²) in [5, 5.41) is 20.2. The summed E-state index contributed by atoms with van der Waals surface area (Å²) in [7, 11) is 0. The van der Waals surface area contributed by atoms with E-state index >= 15 is 0 Å². The fraction of sp³-hybridized carbons (Fsp3) is 0.529. The van der Waals surface area contributed by atoms with Crippen LogP contribution in [0.3, 0.4) is 0 Å². The maximum Gasteiger partial charge on any atom is 0.140 e. The van der Waals surface area contributed by atoms with Crippen LogP contribution in [0.15, 0.2) is 24.3 Å². The molecule has 1 aromatic carbocycles. The van der Waals surface area contributed by atoms with Crippen molar-refractivity contribution in [2.45, 2.75) is 57.3 Å². The van der Waals surface area contributed by atoms with E-state index in [1.807, 2.05) is 26.0 Å². The first kappa shape index (κ1) is 14.9. The van der Waals surface area contributed by atoms with Crippen LogP contribution in [0.5, 0.6) is 5.75 Å². The molecule has 0 heterocycles. The van der Waals surface area contributed by atoms with Crippen LogP contribution >= 0.6 is 0 Å². The number of hydrogen-bond acceptors (Lipinski definition) is 3. The van der Waals surface area contributed by atoms with Gasteiger partial charge in [0.1, 0.15) is 17.5 Å². The Morgan fingerprint density at radius 1 is 1.15 bits per heavy atom. The molecule has 1 aliphatic rings. The lowest BCUT2D eigenvalue weighted by Crippen LogP contribution is -2.21. The van der Waals surface area contributed by atoms with Gasteiger partial charge in [0.15, 0.2) is 0 Å². The predicted molar refractivity (Wildman–Crippen MR) is 78.4 cm³/mol. The van der Waals surface area contributed by atoms with Crippen molar-refractivity contribution in [3.05, 3.63) is 29.8 Å². The molecule has 0 amide bonds. The van der Waals surface area contributed by atoms with Gasteiger partial charge in [-0.15, -0.1) is 0 Å². The van der Waals surface area contributed by atoms with E-state index < -0.39 is 11.7 Å². The van der Waals surface area contributed by atoms with Gasteiger partial charge in [-0.3, -0.25) is 0 Å². The average Bonchev–Trinajstić information content (AvgIpc) is 2.84. The third-order valence-corrected chi connectivity index (χ3v) is 3.44. The number of aliphatic hydroxyl groups is 2. The molecule has 0 aliphatic heterocycles. The minimum atomic E-state index is -0.901. The maximum absolute atomic E-state index is 10.1. The Hall–Kier alpha value is -1.50. The first-order valence-corrected chi connectivity index (χ1v) is 7.18. The zero-order valence-electron chi connectivity index (χ0n) is 12.1. The molecule has 1 aliphatic carbocycles. The highest BCUT2D eigenvalue weighted by Gasteiger charge is 2.28. The van der Waals surface area contributed by atoms with Crippen molar-refractivity contribution in [3.8, 4) is 17.6 Å². The Bertz CT molecular complexity index is 487. The first-order chi connectivity index (χ1) is 9.48. The molecule has 1 aromatic rings. The normalized spacial score (nSPS) is 18.4. The summed E-state index contributed by atoms with van der Waals surface area (Å²) < 4.78 is 5.55. The number of rotatable bonds is 3. The highest BCUT2D eigenvalue weighted by molar-refractivity contribution is 5.33. The van der Waals surface area contributed by atoms with Gasteiger partial charge in [0, 0.05) is 0 Å². The van der Waals surface area contributed by atoms with Gasteiger partial charge in [-0.2, -0.15) is 0 Å². The van der Waals surface area contributed by atoms with Crippen LogP contribution in [0.2, 0.25) is 0 Å². The van der Waals surface area contributed by atoms with Gasteiger partial charge in [0.25, 0.3) is 0 Å². The summed E-state index contributed by atoms with van der Waals surface area (Å²) in [5.41, 5.74) is -0.183. The number of benzene rings is 1. The summed E-state index contributed by atoms with van der Waals surface area (Å²) in [5.74, 6) is 6.36. The van der Waals surface area contributed by atoms with Crippen LogP contribution in [-0.4, -0.2) is 21.9 Å². The predicted octanol–water partition coefficient (Wildman–Crippen LogP) is 2.82. The summed E-state index contributed by atoms with van der Waals surface area (Å²) in [4.78, 5) is 0. The lowest BCUT2D eigenvalue weighted by atomic mass is 10.0. The fourth-order valence-corrected chi connectivity index (χ4v) is 2.37. The van der Waals surface area contributed by atoms with Crippen LogP contribution in [0, 0.1) is 11.8 Å². The Balaban J connectivity index is 2.02. The molecular formula is C17H22O3. The number of aliphatic hydroxyl groups excluding tert-OH is 1. The number of ether oxygens (including phenoxy) is 1. The third-order valence-electron chi connectivity index (χ3n) is 3.44. The van der Waals surface area contributed by atoms with E-state index in [2.05, 4.69) is 11.8 Å². The van der Waals surface area contributed by atoms with Gasteiger partial charge < -0.3 is 14.9 Å². The molecule has 2 rings (SSSR count). The van der Waals surface area contributed by atoms with E-state index in [-0.39, 0.29) is 6.10 Å². The van der Waals surface area contributed by atoms with Crippen LogP contribution < -0.4 is 4.74 Å². The van der Waals surface area contributed by atoms with Crippen molar-refractivity contribution >= 4 is 0 Å². The summed E-state index contributed by atoms with van der Waals surface area (Å²) in [6.07, 6.45) is 2.67. The molecule has 1 saturated carbocycles. The van der Waals surface area contributed by atoms with Crippen molar-refractivity contribution in [2.24, 2.45) is 0 Å². The summed E-state index contributed by atoms with van der Waals surface area (Å²) in [6.45, 7) is 3.94. The quantitative estimate of drug-likeness (QED) is 0.833. The molecule has 1 fully saturated rings. The molecular weight excluding hydrogens is 252 g/mol. The Labute approximate surface area is 120 Å². The molecule has 20 heavy (non-hydrogen) atoms. The molecule has 108 valence electrons. The molecule has 3 heteroatoms. The molecule has 2 N–H and O–H groups in total. The second-order valence-corrected chi connectivity index (χ2v) is 5.65. The highest BCUT2D eigenvalue weighted by Crippen LogP contribution is 2.29. The zero-order chi connectivity index (χ0) is 14.6. The maximum atomic E-state index is 10.1. The molecule has 0 saturated heterocycles. The largest absolute Gasteiger partial charge is 0.491 e. The lowest BCUT2D eigenvalue weighted by Gasteiger charge is -2.14. The van der Waals surface area contributed by atoms with Gasteiger partial charge in [-0.05, 0) is 57.2 Å². The standard InChI is InChI=1S/C17H22O3/c1-13(2)20-15-7-5-14(6-8-15)16(18)9-12-17(19)10-3-4-11-17/h5-8,13,16,18-19H,3-4,10-11H2,1-2H3. The van der Waals surface area contributed by atoms with Crippen LogP contribution in [0.25, 0.3) is 0 Å². The highest BCUT2D eigenvalue weighted by atomic mass is 16.5. The van der Waals surface area contributed by atoms with Crippen LogP contribution in [0.4, 0.5) is 0 Å². The lowest BCUT2D eigenvalue weighted by molar-refractivity contribution is 0.109. The fourth-order valence-electron chi connectivity index (χ4n) is 2.37. The molecule has 0 bridgehead atoms. The SMILES string of the molecule is CC(C)Oc1ccc(C(O)C#CC2(O)CCCC2)cc1. The smallest absolute Gasteiger partial charge is 0.140 e. The van der Waals surface area contributed by atoms with Gasteiger partial charge in [-0.1, -0.05) is 24.0 Å². The summed E-state index contributed by atoms with van der Waals surface area (Å²) >= 11 is 0. The topological polar surface area (TPSA) is 49.7 Å². The summed E-state index contributed by atoms with van der Waals surface area (Å²) in [6, 6.07) is 7.25. The molecule has 0 radical (unpaired) electrons. The van der Waals surface area contributed by atoms with E-state index in [1.165, 1.54) is 0 Å². The second kappa shape index (κ2) is 6.30. The van der Waals surface area contributed by atoms with Gasteiger partial charge >= 0.3 is 0 Å². The molecule has 3 nitrogen and oxygen atoms in total. The molecule has 1 atom stereocenters. The van der Waals surface area contributed by atoms with E-state index in [0.29, 0.717) is 12.8 Å². The van der Waals surface area contributed by atoms with Crippen molar-refractivity contribution in [1.82, 2.24) is 0 Å². The second-order valence-electron chi connectivity index (χ2n) is 5.65. The average molecular weight is 274 g/mol. The third kappa shape index (κ3) is 4.00. The Kier molecular flexibility index (Phi) is 4.69. The molecule has 1 unspecified atom stereocenters. The van der Waals surface area contributed by atoms with Gasteiger partial charge in [-0.25, -0.2) is 0 Å². The first-order valence-electron chi connectivity index (χ1n) is 7.18. The van der Waals surface area contributed by atoms with Crippen molar-refractivity contribution in [3.63, 3.8) is 0 Å². The number of hydrogen-bond donors (Lipinski definition) is 2. The van der Waals surface area contributed by atoms with Crippen molar-refractivity contribution < 1.29 is 14.9 Å². The van der Waals surface area contributed by atoms with Crippen LogP contribution in [0.1, 0.15) is 51.2 Å². The van der Waals surface area contributed by atoms with E-state index in [0.717, 1.165) is 24.2 Å². The van der Waals surface area contributed by atoms with Gasteiger partial charge in [0.2, 0.25) is 0 Å². The van der Waals surface area contributed by atoms with Crippen molar-refractivity contribution in [2.75, 3.05) is 0 Å². The van der Waals surface area contributed by atoms with Crippen molar-refractivity contribution in [1.29, 1.82) is 0 Å². The zero-order valence-corrected chi connectivity index (χ0v) is 12.1. The monoisotopic (exact) mass is 274 g/mol.